The van der Waals surface area contributed by atoms with Crippen LogP contribution in [0.25, 0.3) is 0 Å². The standard InChI is InChI=1S/C15H24N2OS.ClH/c1-11(13-7-5-4-6-8-13)12(2)17-15(18)14(16)9-10-19-3;/h4-8,11-12,14H,9-10,16H2,1-3H3,(H,17,18);1H/t11?,12?,14-;/m0./s1. The summed E-state index contributed by atoms with van der Waals surface area (Å²) in [5, 5.41) is 3.01. The quantitative estimate of drug-likeness (QED) is 0.813. The van der Waals surface area contributed by atoms with Crippen LogP contribution in [0.1, 0.15) is 31.7 Å². The molecule has 0 saturated carbocycles. The van der Waals surface area contributed by atoms with Crippen LogP contribution in [0.15, 0.2) is 30.3 Å². The molecular weight excluding hydrogens is 292 g/mol. The molecule has 2 unspecified atom stereocenters. The predicted molar refractivity (Wildman–Crippen MR) is 90.7 cm³/mol. The summed E-state index contributed by atoms with van der Waals surface area (Å²) in [4.78, 5) is 11.9. The van der Waals surface area contributed by atoms with Crippen LogP contribution in [-0.4, -0.2) is 30.0 Å². The van der Waals surface area contributed by atoms with Gasteiger partial charge in [-0.1, -0.05) is 37.3 Å². The van der Waals surface area contributed by atoms with E-state index in [9.17, 15) is 4.79 Å². The average molecular weight is 317 g/mol. The highest BCUT2D eigenvalue weighted by atomic mass is 35.5. The van der Waals surface area contributed by atoms with E-state index in [-0.39, 0.29) is 30.3 Å². The Morgan fingerprint density at radius 2 is 1.90 bits per heavy atom. The van der Waals surface area contributed by atoms with Gasteiger partial charge in [0, 0.05) is 12.0 Å². The molecule has 0 aliphatic rings. The van der Waals surface area contributed by atoms with Gasteiger partial charge >= 0.3 is 0 Å². The van der Waals surface area contributed by atoms with E-state index >= 15 is 0 Å². The molecule has 3 N–H and O–H groups in total. The summed E-state index contributed by atoms with van der Waals surface area (Å²) in [7, 11) is 0. The first-order valence-corrected chi connectivity index (χ1v) is 8.05. The summed E-state index contributed by atoms with van der Waals surface area (Å²) < 4.78 is 0. The van der Waals surface area contributed by atoms with Crippen molar-refractivity contribution in [2.45, 2.75) is 38.3 Å². The highest BCUT2D eigenvalue weighted by Crippen LogP contribution is 2.18. The molecule has 20 heavy (non-hydrogen) atoms. The van der Waals surface area contributed by atoms with Crippen molar-refractivity contribution in [2.24, 2.45) is 5.73 Å². The van der Waals surface area contributed by atoms with E-state index in [1.165, 1.54) is 5.56 Å². The Bertz CT molecular complexity index is 389. The molecule has 0 heterocycles. The molecule has 0 aliphatic carbocycles. The molecule has 1 aromatic carbocycles. The number of hydrogen-bond donors (Lipinski definition) is 2. The molecule has 3 atom stereocenters. The van der Waals surface area contributed by atoms with E-state index in [1.54, 1.807) is 11.8 Å². The van der Waals surface area contributed by atoms with Crippen LogP contribution in [0, 0.1) is 0 Å². The van der Waals surface area contributed by atoms with Gasteiger partial charge in [-0.2, -0.15) is 11.8 Å². The van der Waals surface area contributed by atoms with E-state index in [0.29, 0.717) is 0 Å². The van der Waals surface area contributed by atoms with Crippen LogP contribution < -0.4 is 11.1 Å². The average Bonchev–Trinajstić information content (AvgIpc) is 2.44. The second-order valence-corrected chi connectivity index (χ2v) is 5.87. The van der Waals surface area contributed by atoms with E-state index in [0.717, 1.165) is 12.2 Å². The molecule has 1 aromatic rings. The molecule has 0 spiro atoms. The molecule has 0 fully saturated rings. The number of amides is 1. The third-order valence-corrected chi connectivity index (χ3v) is 4.06. The number of rotatable bonds is 7. The molecule has 5 heteroatoms. The first-order valence-electron chi connectivity index (χ1n) is 6.66. The van der Waals surface area contributed by atoms with E-state index < -0.39 is 6.04 Å². The first-order chi connectivity index (χ1) is 9.06. The SMILES string of the molecule is CSCC[C@H](N)C(=O)NC(C)C(C)c1ccccc1.Cl. The molecule has 0 saturated heterocycles. The number of nitrogens with one attached hydrogen (secondary N) is 1. The van der Waals surface area contributed by atoms with Gasteiger partial charge in [-0.05, 0) is 30.9 Å². The van der Waals surface area contributed by atoms with Crippen molar-refractivity contribution in [1.29, 1.82) is 0 Å². The zero-order valence-electron chi connectivity index (χ0n) is 12.3. The Kier molecular flexibility index (Phi) is 9.72. The van der Waals surface area contributed by atoms with Crippen LogP contribution >= 0.6 is 24.2 Å². The zero-order valence-corrected chi connectivity index (χ0v) is 14.0. The third-order valence-electron chi connectivity index (χ3n) is 3.42. The van der Waals surface area contributed by atoms with Gasteiger partial charge in [0.15, 0.2) is 0 Å². The molecular formula is C15H25ClN2OS. The fourth-order valence-corrected chi connectivity index (χ4v) is 2.37. The molecule has 1 rings (SSSR count). The second kappa shape index (κ2) is 10.1. The van der Waals surface area contributed by atoms with E-state index in [2.05, 4.69) is 24.4 Å². The smallest absolute Gasteiger partial charge is 0.237 e. The lowest BCUT2D eigenvalue weighted by atomic mass is 9.94. The highest BCUT2D eigenvalue weighted by Gasteiger charge is 2.19. The van der Waals surface area contributed by atoms with Crippen LogP contribution in [0.3, 0.4) is 0 Å². The van der Waals surface area contributed by atoms with E-state index in [1.807, 2.05) is 31.4 Å². The van der Waals surface area contributed by atoms with Crippen LogP contribution in [-0.2, 0) is 4.79 Å². The fourth-order valence-electron chi connectivity index (χ4n) is 1.88. The molecule has 1 amide bonds. The maximum absolute atomic E-state index is 11.9. The Labute approximate surface area is 132 Å². The van der Waals surface area contributed by atoms with E-state index in [4.69, 9.17) is 5.73 Å². The maximum atomic E-state index is 11.9. The summed E-state index contributed by atoms with van der Waals surface area (Å²) in [6.45, 7) is 4.14. The van der Waals surface area contributed by atoms with Crippen molar-refractivity contribution in [1.82, 2.24) is 5.32 Å². The van der Waals surface area contributed by atoms with Gasteiger partial charge in [-0.25, -0.2) is 0 Å². The Morgan fingerprint density at radius 1 is 1.30 bits per heavy atom. The number of hydrogen-bond acceptors (Lipinski definition) is 3. The number of thioether (sulfide) groups is 1. The van der Waals surface area contributed by atoms with Gasteiger partial charge in [-0.3, -0.25) is 4.79 Å². The van der Waals surface area contributed by atoms with Crippen LogP contribution in [0.5, 0.6) is 0 Å². The highest BCUT2D eigenvalue weighted by molar-refractivity contribution is 7.98. The van der Waals surface area contributed by atoms with Crippen molar-refractivity contribution < 1.29 is 4.79 Å². The van der Waals surface area contributed by atoms with Gasteiger partial charge in [-0.15, -0.1) is 12.4 Å². The topological polar surface area (TPSA) is 55.1 Å². The van der Waals surface area contributed by atoms with Gasteiger partial charge in [0.1, 0.15) is 0 Å². The minimum atomic E-state index is -0.405. The monoisotopic (exact) mass is 316 g/mol. The molecule has 0 aliphatic heterocycles. The lowest BCUT2D eigenvalue weighted by molar-refractivity contribution is -0.123. The summed E-state index contributed by atoms with van der Waals surface area (Å²) in [6, 6.07) is 9.88. The number of carbonyl (C=O) groups is 1. The molecule has 0 radical (unpaired) electrons. The summed E-state index contributed by atoms with van der Waals surface area (Å²) in [5.74, 6) is 1.14. The zero-order chi connectivity index (χ0) is 14.3. The maximum Gasteiger partial charge on any atom is 0.237 e. The predicted octanol–water partition coefficient (Wildman–Crippen LogP) is 2.80. The Morgan fingerprint density at radius 3 is 2.45 bits per heavy atom. The number of halogens is 1. The minimum absolute atomic E-state index is 0. The lowest BCUT2D eigenvalue weighted by Crippen LogP contribution is -2.46. The number of benzene rings is 1. The number of carbonyl (C=O) groups excluding carboxylic acids is 1. The normalized spacial score (nSPS) is 14.8. The van der Waals surface area contributed by atoms with Crippen LogP contribution in [0.4, 0.5) is 0 Å². The van der Waals surface area contributed by atoms with Crippen molar-refractivity contribution in [3.63, 3.8) is 0 Å². The first kappa shape index (κ1) is 19.3. The van der Waals surface area contributed by atoms with Gasteiger partial charge in [0.05, 0.1) is 6.04 Å². The van der Waals surface area contributed by atoms with Gasteiger partial charge in [0.25, 0.3) is 0 Å². The number of nitrogens with two attached hydrogens (primary N) is 1. The fraction of sp³-hybridized carbons (Fsp3) is 0.533. The molecule has 114 valence electrons. The van der Waals surface area contributed by atoms with Gasteiger partial charge in [0.2, 0.25) is 5.91 Å². The summed E-state index contributed by atoms with van der Waals surface area (Å²) in [5.41, 5.74) is 7.09. The van der Waals surface area contributed by atoms with Crippen LogP contribution in [0.2, 0.25) is 0 Å². The summed E-state index contributed by atoms with van der Waals surface area (Å²) >= 11 is 1.71. The Hall–Kier alpha value is -0.710. The second-order valence-electron chi connectivity index (χ2n) is 4.88. The minimum Gasteiger partial charge on any atom is -0.352 e. The lowest BCUT2D eigenvalue weighted by Gasteiger charge is -2.23. The largest absolute Gasteiger partial charge is 0.352 e. The third kappa shape index (κ3) is 6.16. The summed E-state index contributed by atoms with van der Waals surface area (Å²) in [6.07, 6.45) is 2.74. The molecule has 3 nitrogen and oxygen atoms in total. The molecule has 0 bridgehead atoms. The van der Waals surface area contributed by atoms with Crippen molar-refractivity contribution in [3.8, 4) is 0 Å². The van der Waals surface area contributed by atoms with Crippen molar-refractivity contribution in [3.05, 3.63) is 35.9 Å². The van der Waals surface area contributed by atoms with Crippen molar-refractivity contribution >= 4 is 30.1 Å². The molecule has 0 aromatic heterocycles. The van der Waals surface area contributed by atoms with Crippen molar-refractivity contribution in [2.75, 3.05) is 12.0 Å². The Balaban J connectivity index is 0.00000361. The van der Waals surface area contributed by atoms with Gasteiger partial charge < -0.3 is 11.1 Å².